The fourth-order valence-corrected chi connectivity index (χ4v) is 1.25. The maximum atomic E-state index is 10.8. The molecule has 98 valence electrons. The van der Waals surface area contributed by atoms with Crippen LogP contribution in [-0.2, 0) is 0 Å². The monoisotopic (exact) mass is 271 g/mol. The van der Waals surface area contributed by atoms with E-state index in [0.29, 0.717) is 0 Å². The Bertz CT molecular complexity index is 686. The number of nitro groups is 3. The fraction of sp³-hybridized carbons (Fsp3) is 0. The van der Waals surface area contributed by atoms with E-state index >= 15 is 0 Å². The Balaban J connectivity index is 2.69. The van der Waals surface area contributed by atoms with Crippen molar-refractivity contribution in [3.05, 3.63) is 30.3 Å². The molecule has 0 bridgehead atoms. The van der Waals surface area contributed by atoms with Crippen LogP contribution >= 0.6 is 0 Å². The molecular formula is C5HN7O7. The molecule has 1 N–H and O–H groups in total. The molecule has 2 aromatic rings. The Morgan fingerprint density at radius 2 is 1.63 bits per heavy atom. The molecule has 14 heteroatoms. The molecule has 0 saturated carbocycles. The van der Waals surface area contributed by atoms with Gasteiger partial charge >= 0.3 is 17.3 Å². The van der Waals surface area contributed by atoms with Crippen molar-refractivity contribution in [2.45, 2.75) is 0 Å². The van der Waals surface area contributed by atoms with Crippen molar-refractivity contribution >= 4 is 17.3 Å². The van der Waals surface area contributed by atoms with Crippen LogP contribution in [0.2, 0.25) is 0 Å². The van der Waals surface area contributed by atoms with Crippen LogP contribution in [0.25, 0.3) is 11.4 Å². The predicted molar refractivity (Wildman–Crippen MR) is 51.8 cm³/mol. The number of aromatic nitrogens is 4. The van der Waals surface area contributed by atoms with E-state index in [-0.39, 0.29) is 0 Å². The first-order chi connectivity index (χ1) is 8.93. The average molecular weight is 271 g/mol. The number of hydrogen-bond acceptors (Lipinski definition) is 10. The molecule has 19 heavy (non-hydrogen) atoms. The number of nitrogens with zero attached hydrogens (tertiary/aromatic N) is 6. The van der Waals surface area contributed by atoms with Crippen LogP contribution in [0.15, 0.2) is 4.63 Å². The van der Waals surface area contributed by atoms with Gasteiger partial charge < -0.3 is 20.2 Å². The Kier molecular flexibility index (Phi) is 2.59. The van der Waals surface area contributed by atoms with Crippen LogP contribution in [0, 0.1) is 30.3 Å². The Hall–Kier alpha value is -3.45. The maximum absolute atomic E-state index is 10.8. The third-order valence-electron chi connectivity index (χ3n) is 1.96. The number of nitrogens with one attached hydrogen (secondary N) is 1. The molecular weight excluding hydrogens is 270 g/mol. The van der Waals surface area contributed by atoms with Crippen LogP contribution in [-0.4, -0.2) is 35.3 Å². The molecule has 0 aliphatic carbocycles. The maximum Gasteiger partial charge on any atom is 0.444 e. The van der Waals surface area contributed by atoms with Crippen LogP contribution in [0.1, 0.15) is 0 Å². The topological polar surface area (TPSA) is 197 Å². The Labute approximate surface area is 100.0 Å². The SMILES string of the molecule is O=[N+]([O-])c1nonc1-c1n[nH]c([N+](=O)[O-])c1[N+](=O)[O-]. The van der Waals surface area contributed by atoms with Crippen molar-refractivity contribution < 1.29 is 19.4 Å². The third-order valence-corrected chi connectivity index (χ3v) is 1.96. The molecule has 0 aliphatic heterocycles. The first-order valence-electron chi connectivity index (χ1n) is 4.28. The summed E-state index contributed by atoms with van der Waals surface area (Å²) in [4.78, 5) is 28.7. The molecule has 0 aliphatic rings. The van der Waals surface area contributed by atoms with Crippen molar-refractivity contribution in [1.29, 1.82) is 0 Å². The van der Waals surface area contributed by atoms with Gasteiger partial charge in [-0.15, -0.1) is 9.73 Å². The van der Waals surface area contributed by atoms with E-state index in [2.05, 4.69) is 20.0 Å². The zero-order valence-electron chi connectivity index (χ0n) is 8.54. The van der Waals surface area contributed by atoms with E-state index in [1.54, 1.807) is 5.10 Å². The van der Waals surface area contributed by atoms with E-state index < -0.39 is 43.5 Å². The van der Waals surface area contributed by atoms with Gasteiger partial charge in [-0.2, -0.15) is 0 Å². The first kappa shape index (κ1) is 12.0. The van der Waals surface area contributed by atoms with Crippen molar-refractivity contribution in [1.82, 2.24) is 20.5 Å². The minimum absolute atomic E-state index is 0.680. The van der Waals surface area contributed by atoms with Gasteiger partial charge in [-0.25, -0.2) is 0 Å². The molecule has 0 spiro atoms. The van der Waals surface area contributed by atoms with Crippen molar-refractivity contribution in [3.63, 3.8) is 0 Å². The summed E-state index contributed by atoms with van der Waals surface area (Å²) < 4.78 is 4.08. The van der Waals surface area contributed by atoms with Gasteiger partial charge in [0.15, 0.2) is 5.16 Å². The van der Waals surface area contributed by atoms with Crippen LogP contribution in [0.5, 0.6) is 0 Å². The second-order valence-electron chi connectivity index (χ2n) is 2.98. The molecule has 0 saturated heterocycles. The van der Waals surface area contributed by atoms with E-state index in [0.717, 1.165) is 0 Å². The number of hydrogen-bond donors (Lipinski definition) is 1. The summed E-state index contributed by atoms with van der Waals surface area (Å²) in [5.41, 5.74) is -2.45. The number of H-pyrrole nitrogens is 1. The molecule has 0 fully saturated rings. The normalized spacial score (nSPS) is 10.3. The second-order valence-corrected chi connectivity index (χ2v) is 2.98. The van der Waals surface area contributed by atoms with Gasteiger partial charge in [-0.05, 0) is 15.0 Å². The van der Waals surface area contributed by atoms with Gasteiger partial charge in [0.1, 0.15) is 0 Å². The second kappa shape index (κ2) is 4.09. The minimum Gasteiger partial charge on any atom is -0.358 e. The fourth-order valence-electron chi connectivity index (χ4n) is 1.25. The quantitative estimate of drug-likeness (QED) is 0.590. The van der Waals surface area contributed by atoms with Crippen molar-refractivity contribution in [2.24, 2.45) is 0 Å². The lowest BCUT2D eigenvalue weighted by molar-refractivity contribution is -0.424. The standard InChI is InChI=1S/C5HN7O7/c13-10(14)3-1(6-7-5(3)12(17)18)2-4(11(15)16)9-19-8-2/h(H,6,7). The smallest absolute Gasteiger partial charge is 0.358 e. The van der Waals surface area contributed by atoms with E-state index in [4.69, 9.17) is 0 Å². The zero-order chi connectivity index (χ0) is 14.2. The average Bonchev–Trinajstić information content (AvgIpc) is 2.94. The summed E-state index contributed by atoms with van der Waals surface area (Å²) >= 11 is 0. The van der Waals surface area contributed by atoms with E-state index in [1.165, 1.54) is 0 Å². The molecule has 2 heterocycles. The zero-order valence-corrected chi connectivity index (χ0v) is 8.54. The highest BCUT2D eigenvalue weighted by atomic mass is 16.6. The largest absolute Gasteiger partial charge is 0.444 e. The van der Waals surface area contributed by atoms with Crippen molar-refractivity contribution in [2.75, 3.05) is 0 Å². The first-order valence-corrected chi connectivity index (χ1v) is 4.28. The lowest BCUT2D eigenvalue weighted by Crippen LogP contribution is -1.97. The summed E-state index contributed by atoms with van der Waals surface area (Å²) in [6.07, 6.45) is 0. The van der Waals surface area contributed by atoms with Gasteiger partial charge in [0.05, 0.1) is 4.92 Å². The third kappa shape index (κ3) is 1.81. The Morgan fingerprint density at radius 1 is 0.947 bits per heavy atom. The van der Waals surface area contributed by atoms with Gasteiger partial charge in [0.2, 0.25) is 11.4 Å². The molecule has 0 atom stereocenters. The lowest BCUT2D eigenvalue weighted by atomic mass is 10.2. The van der Waals surface area contributed by atoms with Crippen LogP contribution in [0.4, 0.5) is 17.3 Å². The molecule has 2 aromatic heterocycles. The number of aromatic amines is 1. The molecule has 0 radical (unpaired) electrons. The van der Waals surface area contributed by atoms with Crippen LogP contribution < -0.4 is 0 Å². The highest BCUT2D eigenvalue weighted by Crippen LogP contribution is 2.37. The van der Waals surface area contributed by atoms with Gasteiger partial charge in [-0.3, -0.25) is 10.1 Å². The van der Waals surface area contributed by atoms with E-state index in [1.807, 2.05) is 0 Å². The number of rotatable bonds is 4. The van der Waals surface area contributed by atoms with Gasteiger partial charge in [-0.1, -0.05) is 5.10 Å². The van der Waals surface area contributed by atoms with Crippen LogP contribution in [0.3, 0.4) is 0 Å². The van der Waals surface area contributed by atoms with Gasteiger partial charge in [0, 0.05) is 0 Å². The highest BCUT2D eigenvalue weighted by Gasteiger charge is 2.40. The summed E-state index contributed by atoms with van der Waals surface area (Å²) in [7, 11) is 0. The predicted octanol–water partition coefficient (Wildman–Crippen LogP) is 0.184. The molecule has 14 nitrogen and oxygen atoms in total. The van der Waals surface area contributed by atoms with E-state index in [9.17, 15) is 30.3 Å². The Morgan fingerprint density at radius 3 is 2.16 bits per heavy atom. The summed E-state index contributed by atoms with van der Waals surface area (Å²) in [5, 5.41) is 43.0. The minimum atomic E-state index is -1.12. The summed E-state index contributed by atoms with van der Waals surface area (Å²) in [6.45, 7) is 0. The molecule has 0 aromatic carbocycles. The molecule has 2 rings (SSSR count). The molecule has 0 unspecified atom stereocenters. The lowest BCUT2D eigenvalue weighted by Gasteiger charge is -1.91. The highest BCUT2D eigenvalue weighted by molar-refractivity contribution is 5.75. The van der Waals surface area contributed by atoms with Gasteiger partial charge in [0.25, 0.3) is 0 Å². The van der Waals surface area contributed by atoms with Crippen molar-refractivity contribution in [3.8, 4) is 11.4 Å². The molecule has 0 amide bonds. The summed E-state index contributed by atoms with van der Waals surface area (Å²) in [5.74, 6) is -1.97. The summed E-state index contributed by atoms with van der Waals surface area (Å²) in [6, 6.07) is 0.